The molecule has 5 unspecified atom stereocenters. The maximum absolute atomic E-state index is 10.4. The summed E-state index contributed by atoms with van der Waals surface area (Å²) in [7, 11) is 0. The van der Waals surface area contributed by atoms with E-state index in [2.05, 4.69) is 0 Å². The van der Waals surface area contributed by atoms with Gasteiger partial charge < -0.3 is 39.7 Å². The highest BCUT2D eigenvalue weighted by atomic mass is 16.7. The first-order valence-electron chi connectivity index (χ1n) is 7.87. The quantitative estimate of drug-likeness (QED) is 0.406. The first-order chi connectivity index (χ1) is 10.5. The summed E-state index contributed by atoms with van der Waals surface area (Å²) in [5, 5.41) is 49.7. The summed E-state index contributed by atoms with van der Waals surface area (Å²) in [5.74, 6) is 0. The van der Waals surface area contributed by atoms with Gasteiger partial charge in [0.05, 0.1) is 18.8 Å². The molecule has 5 N–H and O–H groups in total. The summed E-state index contributed by atoms with van der Waals surface area (Å²) in [6.07, 6.45) is -9.76. The van der Waals surface area contributed by atoms with Crippen LogP contribution >= 0.6 is 0 Å². The smallest absolute Gasteiger partial charge is 0.186 e. The van der Waals surface area contributed by atoms with E-state index in [1.165, 1.54) is 0 Å². The maximum atomic E-state index is 10.4. The van der Waals surface area contributed by atoms with Crippen LogP contribution in [0.1, 0.15) is 27.7 Å². The van der Waals surface area contributed by atoms with Crippen molar-refractivity contribution < 1.29 is 39.7 Å². The Bertz CT molecular complexity index is 397. The molecule has 2 saturated heterocycles. The molecule has 0 amide bonds. The topological polar surface area (TPSA) is 129 Å². The van der Waals surface area contributed by atoms with Crippen LogP contribution in [-0.4, -0.2) is 87.3 Å². The molecule has 0 spiro atoms. The molecular weight excluding hydrogens is 308 g/mol. The molecule has 0 radical (unpaired) electrons. The SMILES string of the molecule is C[C@H]1O[C@@H](C(C)(C)C)C(O)C(O)C1O[C@@H]1OC[C@@H](O)C(O)C1O. The molecule has 0 bridgehead atoms. The van der Waals surface area contributed by atoms with Crippen LogP contribution in [0.2, 0.25) is 0 Å². The van der Waals surface area contributed by atoms with Gasteiger partial charge in [-0.3, -0.25) is 0 Å². The van der Waals surface area contributed by atoms with E-state index in [1.54, 1.807) is 6.92 Å². The predicted molar refractivity (Wildman–Crippen MR) is 78.4 cm³/mol. The molecule has 2 aliphatic heterocycles. The molecule has 8 nitrogen and oxygen atoms in total. The normalized spacial score (nSPS) is 49.2. The van der Waals surface area contributed by atoms with Crippen molar-refractivity contribution in [2.45, 2.75) is 82.8 Å². The number of ether oxygens (including phenoxy) is 3. The highest BCUT2D eigenvalue weighted by Crippen LogP contribution is 2.34. The fourth-order valence-electron chi connectivity index (χ4n) is 3.00. The van der Waals surface area contributed by atoms with Gasteiger partial charge in [-0.05, 0) is 12.3 Å². The second-order valence-electron chi connectivity index (χ2n) is 7.46. The van der Waals surface area contributed by atoms with Gasteiger partial charge in [-0.2, -0.15) is 0 Å². The fraction of sp³-hybridized carbons (Fsp3) is 1.00. The lowest BCUT2D eigenvalue weighted by atomic mass is 9.80. The molecular formula is C15H28O8. The molecule has 0 aromatic rings. The Kier molecular flexibility index (Phi) is 5.70. The lowest BCUT2D eigenvalue weighted by Crippen LogP contribution is -2.63. The van der Waals surface area contributed by atoms with Crippen molar-refractivity contribution >= 4 is 0 Å². The zero-order valence-corrected chi connectivity index (χ0v) is 13.9. The molecule has 0 aliphatic carbocycles. The average molecular weight is 336 g/mol. The maximum Gasteiger partial charge on any atom is 0.186 e. The van der Waals surface area contributed by atoms with E-state index in [-0.39, 0.29) is 12.0 Å². The van der Waals surface area contributed by atoms with Gasteiger partial charge in [0.2, 0.25) is 0 Å². The summed E-state index contributed by atoms with van der Waals surface area (Å²) < 4.78 is 16.5. The van der Waals surface area contributed by atoms with Gasteiger partial charge in [-0.15, -0.1) is 0 Å². The molecule has 2 aliphatic rings. The first kappa shape index (κ1) is 19.0. The zero-order chi connectivity index (χ0) is 17.5. The molecule has 23 heavy (non-hydrogen) atoms. The van der Waals surface area contributed by atoms with Gasteiger partial charge in [-0.1, -0.05) is 20.8 Å². The Morgan fingerprint density at radius 3 is 2.09 bits per heavy atom. The van der Waals surface area contributed by atoms with Crippen LogP contribution in [0.5, 0.6) is 0 Å². The highest BCUT2D eigenvalue weighted by molar-refractivity contribution is 4.96. The lowest BCUT2D eigenvalue weighted by Gasteiger charge is -2.47. The van der Waals surface area contributed by atoms with Crippen LogP contribution < -0.4 is 0 Å². The van der Waals surface area contributed by atoms with Gasteiger partial charge in [-0.25, -0.2) is 0 Å². The van der Waals surface area contributed by atoms with Crippen LogP contribution in [0.3, 0.4) is 0 Å². The second kappa shape index (κ2) is 6.89. The lowest BCUT2D eigenvalue weighted by molar-refractivity contribution is -0.325. The predicted octanol–water partition coefficient (Wildman–Crippen LogP) is -1.63. The monoisotopic (exact) mass is 336 g/mol. The van der Waals surface area contributed by atoms with Crippen molar-refractivity contribution in [3.05, 3.63) is 0 Å². The van der Waals surface area contributed by atoms with E-state index in [9.17, 15) is 25.5 Å². The van der Waals surface area contributed by atoms with Gasteiger partial charge in [0, 0.05) is 0 Å². The molecule has 2 rings (SSSR count). The molecule has 136 valence electrons. The number of aliphatic hydroxyl groups is 5. The van der Waals surface area contributed by atoms with Crippen LogP contribution in [0.15, 0.2) is 0 Å². The van der Waals surface area contributed by atoms with E-state index in [0.717, 1.165) is 0 Å². The molecule has 9 atom stereocenters. The number of aliphatic hydroxyl groups excluding tert-OH is 5. The van der Waals surface area contributed by atoms with Crippen molar-refractivity contribution in [3.8, 4) is 0 Å². The second-order valence-corrected chi connectivity index (χ2v) is 7.46. The Morgan fingerprint density at radius 1 is 0.913 bits per heavy atom. The first-order valence-corrected chi connectivity index (χ1v) is 7.87. The van der Waals surface area contributed by atoms with Crippen molar-refractivity contribution in [1.29, 1.82) is 0 Å². The van der Waals surface area contributed by atoms with Crippen LogP contribution in [0.25, 0.3) is 0 Å². The summed E-state index contributed by atoms with van der Waals surface area (Å²) in [6, 6.07) is 0. The molecule has 0 aromatic carbocycles. The standard InChI is InChI=1S/C15H28O8/c1-6-12(9(18)10(19)13(22-6)15(2,3)4)23-14-11(20)8(17)7(16)5-21-14/h6-14,16-20H,5H2,1-4H3/t6-,7-,8?,9?,10?,11?,12?,13-,14+/m1/s1. The van der Waals surface area contributed by atoms with E-state index in [4.69, 9.17) is 14.2 Å². The van der Waals surface area contributed by atoms with E-state index >= 15 is 0 Å². The Balaban J connectivity index is 2.06. The molecule has 2 heterocycles. The Labute approximate surface area is 135 Å². The third-order valence-corrected chi connectivity index (χ3v) is 4.42. The minimum atomic E-state index is -1.46. The highest BCUT2D eigenvalue weighted by Gasteiger charge is 2.49. The molecule has 2 fully saturated rings. The van der Waals surface area contributed by atoms with Crippen LogP contribution in [0.4, 0.5) is 0 Å². The van der Waals surface area contributed by atoms with Crippen LogP contribution in [0, 0.1) is 5.41 Å². The molecule has 0 aromatic heterocycles. The van der Waals surface area contributed by atoms with Crippen molar-refractivity contribution in [3.63, 3.8) is 0 Å². The minimum Gasteiger partial charge on any atom is -0.388 e. The van der Waals surface area contributed by atoms with Crippen LogP contribution in [-0.2, 0) is 14.2 Å². The van der Waals surface area contributed by atoms with E-state index < -0.39 is 55.1 Å². The van der Waals surface area contributed by atoms with Gasteiger partial charge in [0.15, 0.2) is 6.29 Å². The summed E-state index contributed by atoms with van der Waals surface area (Å²) in [4.78, 5) is 0. The average Bonchev–Trinajstić information content (AvgIpc) is 2.46. The molecule has 8 heteroatoms. The number of hydrogen-bond donors (Lipinski definition) is 5. The summed E-state index contributed by atoms with van der Waals surface area (Å²) in [6.45, 7) is 7.18. The van der Waals surface area contributed by atoms with Crippen molar-refractivity contribution in [2.75, 3.05) is 6.61 Å². The number of hydrogen-bond acceptors (Lipinski definition) is 8. The largest absolute Gasteiger partial charge is 0.388 e. The Hall–Kier alpha value is -0.320. The van der Waals surface area contributed by atoms with E-state index in [1.807, 2.05) is 20.8 Å². The third-order valence-electron chi connectivity index (χ3n) is 4.42. The van der Waals surface area contributed by atoms with Crippen molar-refractivity contribution in [2.24, 2.45) is 5.41 Å². The van der Waals surface area contributed by atoms with Gasteiger partial charge in [0.25, 0.3) is 0 Å². The minimum absolute atomic E-state index is 0.200. The summed E-state index contributed by atoms with van der Waals surface area (Å²) in [5.41, 5.74) is -0.374. The van der Waals surface area contributed by atoms with E-state index in [0.29, 0.717) is 0 Å². The van der Waals surface area contributed by atoms with Crippen molar-refractivity contribution in [1.82, 2.24) is 0 Å². The van der Waals surface area contributed by atoms with Gasteiger partial charge >= 0.3 is 0 Å². The summed E-state index contributed by atoms with van der Waals surface area (Å²) >= 11 is 0. The van der Waals surface area contributed by atoms with Gasteiger partial charge in [0.1, 0.15) is 36.6 Å². The Morgan fingerprint density at radius 2 is 1.52 bits per heavy atom. The third kappa shape index (κ3) is 3.85. The molecule has 0 saturated carbocycles. The fourth-order valence-corrected chi connectivity index (χ4v) is 3.00. The zero-order valence-electron chi connectivity index (χ0n) is 13.9. The number of rotatable bonds is 2.